The van der Waals surface area contributed by atoms with Crippen LogP contribution < -0.4 is 0 Å². The van der Waals surface area contributed by atoms with Crippen LogP contribution in [-0.2, 0) is 14.4 Å². The van der Waals surface area contributed by atoms with Crippen LogP contribution in [0.5, 0.6) is 0 Å². The van der Waals surface area contributed by atoms with E-state index in [9.17, 15) is 14.4 Å². The number of rotatable bonds is 6. The van der Waals surface area contributed by atoms with Gasteiger partial charge in [-0.15, -0.1) is 0 Å². The molecule has 2 atom stereocenters. The molecule has 22 heavy (non-hydrogen) atoms. The Labute approximate surface area is 132 Å². The number of hydrogen-bond donors (Lipinski definition) is 1. The fourth-order valence-corrected chi connectivity index (χ4v) is 2.76. The molecule has 1 saturated heterocycles. The average molecular weight is 312 g/mol. The summed E-state index contributed by atoms with van der Waals surface area (Å²) in [5, 5.41) is 8.97. The van der Waals surface area contributed by atoms with E-state index < -0.39 is 5.97 Å². The lowest BCUT2D eigenvalue weighted by Crippen LogP contribution is -2.50. The number of carbonyl (C=O) groups is 3. The van der Waals surface area contributed by atoms with E-state index in [1.807, 2.05) is 27.7 Å². The van der Waals surface area contributed by atoms with Crippen molar-refractivity contribution in [3.63, 3.8) is 0 Å². The summed E-state index contributed by atoms with van der Waals surface area (Å²) in [7, 11) is 0. The molecule has 0 aromatic heterocycles. The second kappa shape index (κ2) is 8.15. The van der Waals surface area contributed by atoms with Crippen LogP contribution in [0.4, 0.5) is 0 Å². The summed E-state index contributed by atoms with van der Waals surface area (Å²) in [6.07, 6.45) is 2.29. The van der Waals surface area contributed by atoms with Gasteiger partial charge in [-0.2, -0.15) is 0 Å². The Morgan fingerprint density at radius 2 is 1.91 bits per heavy atom. The van der Waals surface area contributed by atoms with Crippen molar-refractivity contribution in [2.45, 2.75) is 53.0 Å². The maximum absolute atomic E-state index is 12.6. The largest absolute Gasteiger partial charge is 0.480 e. The van der Waals surface area contributed by atoms with Crippen LogP contribution >= 0.6 is 0 Å². The van der Waals surface area contributed by atoms with Gasteiger partial charge in [0.2, 0.25) is 11.8 Å². The molecule has 0 saturated carbocycles. The van der Waals surface area contributed by atoms with Crippen molar-refractivity contribution in [2.24, 2.45) is 11.8 Å². The van der Waals surface area contributed by atoms with Gasteiger partial charge in [-0.3, -0.25) is 14.4 Å². The van der Waals surface area contributed by atoms with Crippen molar-refractivity contribution in [3.8, 4) is 0 Å². The summed E-state index contributed by atoms with van der Waals surface area (Å²) < 4.78 is 0. The zero-order valence-electron chi connectivity index (χ0n) is 14.0. The lowest BCUT2D eigenvalue weighted by atomic mass is 9.94. The number of carbonyl (C=O) groups excluding carboxylic acids is 2. The molecule has 126 valence electrons. The van der Waals surface area contributed by atoms with Crippen molar-refractivity contribution in [1.82, 2.24) is 9.80 Å². The van der Waals surface area contributed by atoms with Crippen LogP contribution in [0.15, 0.2) is 0 Å². The molecule has 1 rings (SSSR count). The number of likely N-dealkylation sites (tertiary alicyclic amines) is 1. The highest BCUT2D eigenvalue weighted by molar-refractivity contribution is 5.85. The second-order valence-corrected chi connectivity index (χ2v) is 6.39. The third-order valence-corrected chi connectivity index (χ3v) is 4.33. The van der Waals surface area contributed by atoms with E-state index in [1.54, 1.807) is 4.90 Å². The summed E-state index contributed by atoms with van der Waals surface area (Å²) in [6, 6.07) is -0.163. The standard InChI is InChI=1S/C16H28N2O4/c1-5-12(4)15(21)17-8-6-7-13(9-17)16(22)18(11(2)3)10-14(19)20/h11-13H,5-10H2,1-4H3,(H,19,20). The fraction of sp³-hybridized carbons (Fsp3) is 0.812. The predicted molar refractivity (Wildman–Crippen MR) is 83.2 cm³/mol. The third kappa shape index (κ3) is 4.71. The van der Waals surface area contributed by atoms with Crippen molar-refractivity contribution in [3.05, 3.63) is 0 Å². The molecule has 1 heterocycles. The molecule has 2 unspecified atom stereocenters. The van der Waals surface area contributed by atoms with E-state index in [-0.39, 0.29) is 36.2 Å². The molecule has 1 fully saturated rings. The highest BCUT2D eigenvalue weighted by atomic mass is 16.4. The van der Waals surface area contributed by atoms with Gasteiger partial charge < -0.3 is 14.9 Å². The smallest absolute Gasteiger partial charge is 0.323 e. The van der Waals surface area contributed by atoms with E-state index in [4.69, 9.17) is 5.11 Å². The van der Waals surface area contributed by atoms with E-state index >= 15 is 0 Å². The minimum atomic E-state index is -1.01. The number of hydrogen-bond acceptors (Lipinski definition) is 3. The topological polar surface area (TPSA) is 77.9 Å². The van der Waals surface area contributed by atoms with Gasteiger partial charge in [0.15, 0.2) is 0 Å². The molecule has 0 bridgehead atoms. The summed E-state index contributed by atoms with van der Waals surface area (Å²) in [6.45, 7) is 8.31. The highest BCUT2D eigenvalue weighted by Gasteiger charge is 2.33. The Kier molecular flexibility index (Phi) is 6.84. The van der Waals surface area contributed by atoms with E-state index in [0.29, 0.717) is 19.5 Å². The van der Waals surface area contributed by atoms with Gasteiger partial charge in [-0.1, -0.05) is 13.8 Å². The van der Waals surface area contributed by atoms with Crippen LogP contribution in [0.2, 0.25) is 0 Å². The number of aliphatic carboxylic acids is 1. The van der Waals surface area contributed by atoms with E-state index in [1.165, 1.54) is 4.90 Å². The Balaban J connectivity index is 2.76. The molecule has 1 aliphatic heterocycles. The molecule has 0 spiro atoms. The second-order valence-electron chi connectivity index (χ2n) is 6.39. The Hall–Kier alpha value is -1.59. The lowest BCUT2D eigenvalue weighted by Gasteiger charge is -2.36. The summed E-state index contributed by atoms with van der Waals surface area (Å²) in [5.41, 5.74) is 0. The molecular formula is C16H28N2O4. The summed E-state index contributed by atoms with van der Waals surface area (Å²) >= 11 is 0. The van der Waals surface area contributed by atoms with Gasteiger partial charge in [0, 0.05) is 25.0 Å². The molecule has 1 N–H and O–H groups in total. The van der Waals surface area contributed by atoms with Crippen molar-refractivity contribution >= 4 is 17.8 Å². The van der Waals surface area contributed by atoms with E-state index in [0.717, 1.165) is 12.8 Å². The predicted octanol–water partition coefficient (Wildman–Crippen LogP) is 1.59. The number of carboxylic acids is 1. The molecular weight excluding hydrogens is 284 g/mol. The highest BCUT2D eigenvalue weighted by Crippen LogP contribution is 2.22. The molecule has 0 aromatic carbocycles. The first-order valence-corrected chi connectivity index (χ1v) is 8.08. The molecule has 0 aliphatic carbocycles. The molecule has 6 nitrogen and oxygen atoms in total. The molecule has 0 radical (unpaired) electrons. The number of piperidine rings is 1. The summed E-state index contributed by atoms with van der Waals surface area (Å²) in [5.74, 6) is -1.39. The van der Waals surface area contributed by atoms with Gasteiger partial charge in [0.25, 0.3) is 0 Å². The van der Waals surface area contributed by atoms with Crippen LogP contribution in [0.1, 0.15) is 47.0 Å². The van der Waals surface area contributed by atoms with Gasteiger partial charge in [0.05, 0.1) is 5.92 Å². The van der Waals surface area contributed by atoms with Crippen molar-refractivity contribution in [1.29, 1.82) is 0 Å². The number of nitrogens with zero attached hydrogens (tertiary/aromatic N) is 2. The fourth-order valence-electron chi connectivity index (χ4n) is 2.76. The van der Waals surface area contributed by atoms with Gasteiger partial charge in [-0.05, 0) is 33.1 Å². The SMILES string of the molecule is CCC(C)C(=O)N1CCCC(C(=O)N(CC(=O)O)C(C)C)C1. The quantitative estimate of drug-likeness (QED) is 0.808. The van der Waals surface area contributed by atoms with E-state index in [2.05, 4.69) is 0 Å². The lowest BCUT2D eigenvalue weighted by molar-refractivity contribution is -0.150. The third-order valence-electron chi connectivity index (χ3n) is 4.33. The molecule has 0 aromatic rings. The Bertz CT molecular complexity index is 422. The maximum Gasteiger partial charge on any atom is 0.323 e. The zero-order chi connectivity index (χ0) is 16.9. The monoisotopic (exact) mass is 312 g/mol. The Morgan fingerprint density at radius 1 is 1.27 bits per heavy atom. The number of carboxylic acid groups (broad SMARTS) is 1. The minimum Gasteiger partial charge on any atom is -0.480 e. The number of amides is 2. The normalized spacial score (nSPS) is 19.9. The van der Waals surface area contributed by atoms with Crippen molar-refractivity contribution in [2.75, 3.05) is 19.6 Å². The van der Waals surface area contributed by atoms with Crippen LogP contribution in [0, 0.1) is 11.8 Å². The first-order chi connectivity index (χ1) is 10.3. The molecule has 1 aliphatic rings. The van der Waals surface area contributed by atoms with Crippen LogP contribution in [-0.4, -0.2) is 58.4 Å². The molecule has 6 heteroatoms. The van der Waals surface area contributed by atoms with Crippen LogP contribution in [0.25, 0.3) is 0 Å². The minimum absolute atomic E-state index is 0.0333. The Morgan fingerprint density at radius 3 is 2.41 bits per heavy atom. The van der Waals surface area contributed by atoms with Gasteiger partial charge in [0.1, 0.15) is 6.54 Å². The maximum atomic E-state index is 12.6. The zero-order valence-corrected chi connectivity index (χ0v) is 14.0. The van der Waals surface area contributed by atoms with Crippen LogP contribution in [0.3, 0.4) is 0 Å². The first kappa shape index (κ1) is 18.5. The van der Waals surface area contributed by atoms with Gasteiger partial charge in [-0.25, -0.2) is 0 Å². The van der Waals surface area contributed by atoms with Gasteiger partial charge >= 0.3 is 5.97 Å². The first-order valence-electron chi connectivity index (χ1n) is 8.08. The average Bonchev–Trinajstić information content (AvgIpc) is 2.50. The molecule has 2 amide bonds. The summed E-state index contributed by atoms with van der Waals surface area (Å²) in [4.78, 5) is 39.0. The van der Waals surface area contributed by atoms with Crippen molar-refractivity contribution < 1.29 is 19.5 Å².